The SMILES string of the molecule is C=CC(=O)[C@H](c1ccccc1)[C@@H](CCC)C[C@H](C)O[Si](CC)(CC)CC. The lowest BCUT2D eigenvalue weighted by Crippen LogP contribution is -2.40. The van der Waals surface area contributed by atoms with Crippen LogP contribution in [0, 0.1) is 5.92 Å². The molecule has 146 valence electrons. The Labute approximate surface area is 162 Å². The zero-order chi connectivity index (χ0) is 19.6. The van der Waals surface area contributed by atoms with Gasteiger partial charge in [0.15, 0.2) is 14.1 Å². The molecule has 0 heterocycles. The number of carbonyl (C=O) groups excluding carboxylic acids is 1. The van der Waals surface area contributed by atoms with Gasteiger partial charge >= 0.3 is 0 Å². The number of allylic oxidation sites excluding steroid dienone is 1. The lowest BCUT2D eigenvalue weighted by Gasteiger charge is -2.35. The van der Waals surface area contributed by atoms with E-state index >= 15 is 0 Å². The van der Waals surface area contributed by atoms with Gasteiger partial charge in [-0.3, -0.25) is 4.79 Å². The summed E-state index contributed by atoms with van der Waals surface area (Å²) in [4.78, 5) is 12.7. The van der Waals surface area contributed by atoms with Crippen molar-refractivity contribution in [2.24, 2.45) is 5.92 Å². The van der Waals surface area contributed by atoms with E-state index in [1.807, 2.05) is 18.2 Å². The maximum Gasteiger partial charge on any atom is 0.192 e. The largest absolute Gasteiger partial charge is 0.414 e. The summed E-state index contributed by atoms with van der Waals surface area (Å²) in [5.41, 5.74) is 1.10. The van der Waals surface area contributed by atoms with Crippen LogP contribution in [-0.2, 0) is 9.22 Å². The van der Waals surface area contributed by atoms with Gasteiger partial charge < -0.3 is 4.43 Å². The predicted octanol–water partition coefficient (Wildman–Crippen LogP) is 6.74. The van der Waals surface area contributed by atoms with Crippen LogP contribution in [0.1, 0.15) is 65.4 Å². The third-order valence-corrected chi connectivity index (χ3v) is 10.6. The van der Waals surface area contributed by atoms with Gasteiger partial charge in [0.25, 0.3) is 0 Å². The molecule has 0 aliphatic rings. The van der Waals surface area contributed by atoms with Crippen LogP contribution >= 0.6 is 0 Å². The van der Waals surface area contributed by atoms with Crippen molar-refractivity contribution in [3.8, 4) is 0 Å². The normalized spacial score (nSPS) is 15.3. The molecule has 26 heavy (non-hydrogen) atoms. The summed E-state index contributed by atoms with van der Waals surface area (Å²) in [6, 6.07) is 13.7. The Kier molecular flexibility index (Phi) is 10.1. The summed E-state index contributed by atoms with van der Waals surface area (Å²) in [5, 5.41) is 0. The lowest BCUT2D eigenvalue weighted by molar-refractivity contribution is -0.117. The first-order valence-electron chi connectivity index (χ1n) is 10.4. The van der Waals surface area contributed by atoms with Crippen LogP contribution < -0.4 is 0 Å². The molecule has 0 radical (unpaired) electrons. The molecule has 1 aromatic carbocycles. The van der Waals surface area contributed by atoms with Crippen molar-refractivity contribution < 1.29 is 9.22 Å². The smallest absolute Gasteiger partial charge is 0.192 e. The van der Waals surface area contributed by atoms with E-state index in [0.29, 0.717) is 5.92 Å². The van der Waals surface area contributed by atoms with Gasteiger partial charge in [-0.05, 0) is 55.5 Å². The maximum atomic E-state index is 12.7. The summed E-state index contributed by atoms with van der Waals surface area (Å²) in [7, 11) is -1.62. The molecule has 0 fully saturated rings. The fourth-order valence-corrected chi connectivity index (χ4v) is 7.10. The molecule has 3 heteroatoms. The van der Waals surface area contributed by atoms with Gasteiger partial charge in [0.1, 0.15) is 0 Å². The molecule has 1 aromatic rings. The molecule has 0 unspecified atom stereocenters. The van der Waals surface area contributed by atoms with Crippen LogP contribution in [0.15, 0.2) is 43.0 Å². The van der Waals surface area contributed by atoms with E-state index in [1.54, 1.807) is 0 Å². The van der Waals surface area contributed by atoms with Crippen LogP contribution in [0.4, 0.5) is 0 Å². The van der Waals surface area contributed by atoms with E-state index < -0.39 is 8.32 Å². The summed E-state index contributed by atoms with van der Waals surface area (Å²) in [6.07, 6.45) is 4.73. The Bertz CT molecular complexity index is 528. The molecule has 3 atom stereocenters. The van der Waals surface area contributed by atoms with Crippen molar-refractivity contribution >= 4 is 14.1 Å². The maximum absolute atomic E-state index is 12.7. The van der Waals surface area contributed by atoms with E-state index in [1.165, 1.54) is 6.08 Å². The first-order chi connectivity index (χ1) is 12.5. The summed E-state index contributed by atoms with van der Waals surface area (Å²) >= 11 is 0. The van der Waals surface area contributed by atoms with Crippen molar-refractivity contribution in [1.82, 2.24) is 0 Å². The van der Waals surface area contributed by atoms with Gasteiger partial charge in [-0.25, -0.2) is 0 Å². The quantitative estimate of drug-likeness (QED) is 0.282. The highest BCUT2D eigenvalue weighted by Gasteiger charge is 2.34. The Balaban J connectivity index is 3.03. The van der Waals surface area contributed by atoms with Gasteiger partial charge in [-0.2, -0.15) is 0 Å². The standard InChI is InChI=1S/C23H38O2Si/c1-7-15-21(18-19(6)25-26(9-3,10-4)11-5)23(22(24)8-2)20-16-13-12-14-17-20/h8,12-14,16-17,19,21,23H,2,7,9-11,15,18H2,1,3-6H3/t19-,21-,23+/m0/s1. The van der Waals surface area contributed by atoms with Gasteiger partial charge in [0.2, 0.25) is 0 Å². The van der Waals surface area contributed by atoms with Crippen LogP contribution in [0.3, 0.4) is 0 Å². The molecule has 1 rings (SSSR count). The van der Waals surface area contributed by atoms with Crippen molar-refractivity contribution in [3.05, 3.63) is 48.6 Å². The summed E-state index contributed by atoms with van der Waals surface area (Å²) < 4.78 is 6.66. The van der Waals surface area contributed by atoms with Crippen LogP contribution in [0.5, 0.6) is 0 Å². The molecule has 0 aromatic heterocycles. The first kappa shape index (κ1) is 22.8. The number of benzene rings is 1. The third kappa shape index (κ3) is 6.21. The highest BCUT2D eigenvalue weighted by Crippen LogP contribution is 2.35. The average Bonchev–Trinajstić information content (AvgIpc) is 2.67. The van der Waals surface area contributed by atoms with E-state index in [4.69, 9.17) is 4.43 Å². The Morgan fingerprint density at radius 1 is 1.12 bits per heavy atom. The number of hydrogen-bond acceptors (Lipinski definition) is 2. The number of rotatable bonds is 13. The highest BCUT2D eigenvalue weighted by molar-refractivity contribution is 6.73. The van der Waals surface area contributed by atoms with Gasteiger partial charge in [-0.1, -0.05) is 71.0 Å². The average molecular weight is 375 g/mol. The molecule has 0 bridgehead atoms. The van der Waals surface area contributed by atoms with E-state index in [-0.39, 0.29) is 17.8 Å². The molecule has 0 amide bonds. The van der Waals surface area contributed by atoms with Crippen molar-refractivity contribution in [2.45, 2.75) is 84.0 Å². The molecule has 0 spiro atoms. The number of hydrogen-bond donors (Lipinski definition) is 0. The van der Waals surface area contributed by atoms with Crippen molar-refractivity contribution in [1.29, 1.82) is 0 Å². The molecular weight excluding hydrogens is 336 g/mol. The lowest BCUT2D eigenvalue weighted by atomic mass is 9.77. The molecule has 2 nitrogen and oxygen atoms in total. The molecular formula is C23H38O2Si. The first-order valence-corrected chi connectivity index (χ1v) is 12.9. The highest BCUT2D eigenvalue weighted by atomic mass is 28.4. The second-order valence-corrected chi connectivity index (χ2v) is 12.2. The minimum Gasteiger partial charge on any atom is -0.414 e. The zero-order valence-corrected chi connectivity index (χ0v) is 18.5. The fraction of sp³-hybridized carbons (Fsp3) is 0.609. The van der Waals surface area contributed by atoms with Gasteiger partial charge in [0, 0.05) is 12.0 Å². The molecule has 0 saturated carbocycles. The summed E-state index contributed by atoms with van der Waals surface area (Å²) in [6.45, 7) is 15.0. The number of carbonyl (C=O) groups is 1. The van der Waals surface area contributed by atoms with Crippen molar-refractivity contribution in [3.63, 3.8) is 0 Å². The van der Waals surface area contributed by atoms with Gasteiger partial charge in [0.05, 0.1) is 0 Å². The second kappa shape index (κ2) is 11.5. The molecule has 0 aliphatic heterocycles. The number of ketones is 1. The van der Waals surface area contributed by atoms with Crippen molar-refractivity contribution in [2.75, 3.05) is 0 Å². The second-order valence-electron chi connectivity index (χ2n) is 7.45. The van der Waals surface area contributed by atoms with E-state index in [2.05, 4.69) is 53.3 Å². The van der Waals surface area contributed by atoms with E-state index in [9.17, 15) is 4.79 Å². The Morgan fingerprint density at radius 3 is 2.15 bits per heavy atom. The minimum atomic E-state index is -1.62. The Morgan fingerprint density at radius 2 is 1.69 bits per heavy atom. The topological polar surface area (TPSA) is 26.3 Å². The molecule has 0 saturated heterocycles. The monoisotopic (exact) mass is 374 g/mol. The van der Waals surface area contributed by atoms with E-state index in [0.717, 1.165) is 43.0 Å². The Hall–Kier alpha value is -1.19. The summed E-state index contributed by atoms with van der Waals surface area (Å²) in [5.74, 6) is 0.313. The fourth-order valence-electron chi connectivity index (χ4n) is 4.15. The van der Waals surface area contributed by atoms with Crippen LogP contribution in [0.2, 0.25) is 18.1 Å². The zero-order valence-electron chi connectivity index (χ0n) is 17.5. The van der Waals surface area contributed by atoms with Crippen LogP contribution in [-0.4, -0.2) is 20.2 Å². The third-order valence-electron chi connectivity index (χ3n) is 5.82. The molecule has 0 aliphatic carbocycles. The predicted molar refractivity (Wildman–Crippen MR) is 115 cm³/mol. The van der Waals surface area contributed by atoms with Gasteiger partial charge in [-0.15, -0.1) is 0 Å². The van der Waals surface area contributed by atoms with Crippen LogP contribution in [0.25, 0.3) is 0 Å². The minimum absolute atomic E-state index is 0.111. The molecule has 0 N–H and O–H groups in total.